The van der Waals surface area contributed by atoms with E-state index in [0.717, 1.165) is 6.42 Å². The van der Waals surface area contributed by atoms with Crippen molar-refractivity contribution in [2.75, 3.05) is 0 Å². The lowest BCUT2D eigenvalue weighted by atomic mass is 9.72. The fraction of sp³-hybridized carbons (Fsp3) is 0.267. The highest BCUT2D eigenvalue weighted by Crippen LogP contribution is 2.44. The van der Waals surface area contributed by atoms with Crippen LogP contribution in [0, 0.1) is 0 Å². The van der Waals surface area contributed by atoms with Gasteiger partial charge in [-0.2, -0.15) is 4.57 Å². The molecule has 3 aliphatic rings. The van der Waals surface area contributed by atoms with E-state index >= 15 is 0 Å². The first-order valence-electron chi connectivity index (χ1n) is 6.13. The zero-order valence-corrected chi connectivity index (χ0v) is 10.6. The molecule has 0 fully saturated rings. The maximum atomic E-state index is 10.3. The Hall–Kier alpha value is -1.38. The first-order chi connectivity index (χ1) is 8.36. The quantitative estimate of drug-likeness (QED) is 0.589. The summed E-state index contributed by atoms with van der Waals surface area (Å²) >= 11 is 0. The van der Waals surface area contributed by atoms with Gasteiger partial charge < -0.3 is 17.5 Å². The van der Waals surface area contributed by atoms with Crippen molar-refractivity contribution in [3.8, 4) is 0 Å². The Morgan fingerprint density at radius 1 is 1.00 bits per heavy atom. The van der Waals surface area contributed by atoms with Crippen LogP contribution in [-0.4, -0.2) is 11.2 Å². The van der Waals surface area contributed by atoms with Crippen LogP contribution in [0.3, 0.4) is 0 Å². The van der Waals surface area contributed by atoms with Gasteiger partial charge in [-0.15, -0.1) is 0 Å². The van der Waals surface area contributed by atoms with Gasteiger partial charge in [0.05, 0.1) is 12.0 Å². The van der Waals surface area contributed by atoms with E-state index in [1.807, 2.05) is 0 Å². The number of hydrogen-bond acceptors (Lipinski definition) is 1. The monoisotopic (exact) mass is 259 g/mol. The minimum Gasteiger partial charge on any atom is -1.00 e. The summed E-state index contributed by atoms with van der Waals surface area (Å²) in [4.78, 5) is 0. The molecule has 3 heteroatoms. The average Bonchev–Trinajstić information content (AvgIpc) is 2.39. The lowest BCUT2D eigenvalue weighted by Gasteiger charge is -2.37. The third-order valence-electron chi connectivity index (χ3n) is 4.12. The molecule has 2 nitrogen and oxygen atoms in total. The number of nitrogens with zero attached hydrogens (tertiary/aromatic N) is 1. The Kier molecular flexibility index (Phi) is 2.65. The normalized spacial score (nSPS) is 27.1. The molecule has 92 valence electrons. The van der Waals surface area contributed by atoms with Crippen LogP contribution < -0.4 is 17.0 Å². The van der Waals surface area contributed by atoms with E-state index in [-0.39, 0.29) is 24.4 Å². The fourth-order valence-electron chi connectivity index (χ4n) is 3.43. The third kappa shape index (κ3) is 1.36. The molecule has 2 aliphatic heterocycles. The van der Waals surface area contributed by atoms with Crippen molar-refractivity contribution in [2.24, 2.45) is 0 Å². The first kappa shape index (κ1) is 11.7. The molecular formula is C15H14ClNO. The van der Waals surface area contributed by atoms with Gasteiger partial charge in [0.25, 0.3) is 0 Å². The van der Waals surface area contributed by atoms with Crippen molar-refractivity contribution in [2.45, 2.75) is 24.5 Å². The molecule has 3 unspecified atom stereocenters. The molecule has 1 aliphatic carbocycles. The van der Waals surface area contributed by atoms with Crippen LogP contribution in [0.15, 0.2) is 48.7 Å². The van der Waals surface area contributed by atoms with E-state index < -0.39 is 0 Å². The third-order valence-corrected chi connectivity index (χ3v) is 4.12. The predicted molar refractivity (Wildman–Crippen MR) is 63.7 cm³/mol. The number of aromatic nitrogens is 1. The number of hydrogen-bond donors (Lipinski definition) is 1. The molecule has 0 spiro atoms. The number of benzene rings is 1. The van der Waals surface area contributed by atoms with Crippen LogP contribution in [-0.2, 0) is 0 Å². The Morgan fingerprint density at radius 2 is 1.72 bits per heavy atom. The molecule has 1 aromatic heterocycles. The highest BCUT2D eigenvalue weighted by molar-refractivity contribution is 5.41. The number of aliphatic hydroxyl groups excluding tert-OH is 1. The number of fused-ring (bicyclic) bond motifs is 1. The smallest absolute Gasteiger partial charge is 0.192 e. The van der Waals surface area contributed by atoms with Crippen molar-refractivity contribution in [3.05, 3.63) is 65.5 Å². The van der Waals surface area contributed by atoms with Gasteiger partial charge in [0, 0.05) is 24.1 Å². The lowest BCUT2D eigenvalue weighted by Crippen LogP contribution is -3.00. The van der Waals surface area contributed by atoms with E-state index in [2.05, 4.69) is 53.2 Å². The molecule has 2 bridgehead atoms. The maximum Gasteiger partial charge on any atom is 0.192 e. The summed E-state index contributed by atoms with van der Waals surface area (Å²) in [6.07, 6.45) is 2.73. The molecule has 3 heterocycles. The Labute approximate surface area is 112 Å². The summed E-state index contributed by atoms with van der Waals surface area (Å²) in [7, 11) is 0. The van der Waals surface area contributed by atoms with E-state index in [4.69, 9.17) is 0 Å². The minimum absolute atomic E-state index is 0. The van der Waals surface area contributed by atoms with Crippen molar-refractivity contribution >= 4 is 0 Å². The van der Waals surface area contributed by atoms with Crippen molar-refractivity contribution in [1.29, 1.82) is 0 Å². The second kappa shape index (κ2) is 4.08. The number of aliphatic hydroxyl groups is 1. The SMILES string of the molecule is OC1CC2c3ccccc3C1c1cccc[n+]12.[Cl-]. The van der Waals surface area contributed by atoms with E-state index in [1.165, 1.54) is 16.8 Å². The maximum absolute atomic E-state index is 10.3. The number of pyridine rings is 1. The molecule has 0 saturated heterocycles. The van der Waals surface area contributed by atoms with Gasteiger partial charge in [0.1, 0.15) is 0 Å². The van der Waals surface area contributed by atoms with Gasteiger partial charge in [-0.25, -0.2) is 0 Å². The minimum atomic E-state index is -0.239. The molecule has 5 rings (SSSR count). The molecule has 3 atom stereocenters. The Bertz CT molecular complexity index is 551. The summed E-state index contributed by atoms with van der Waals surface area (Å²) in [5, 5.41) is 10.3. The van der Waals surface area contributed by atoms with Crippen LogP contribution in [0.5, 0.6) is 0 Å². The van der Waals surface area contributed by atoms with E-state index in [9.17, 15) is 5.11 Å². The molecule has 0 saturated carbocycles. The molecule has 2 aromatic rings. The van der Waals surface area contributed by atoms with Crippen LogP contribution in [0.4, 0.5) is 0 Å². The average molecular weight is 260 g/mol. The van der Waals surface area contributed by atoms with Gasteiger partial charge >= 0.3 is 0 Å². The zero-order chi connectivity index (χ0) is 11.4. The van der Waals surface area contributed by atoms with Crippen LogP contribution >= 0.6 is 0 Å². The molecule has 0 amide bonds. The van der Waals surface area contributed by atoms with Gasteiger partial charge in [0.2, 0.25) is 0 Å². The lowest BCUT2D eigenvalue weighted by molar-refractivity contribution is -0.732. The molecule has 1 N–H and O–H groups in total. The highest BCUT2D eigenvalue weighted by atomic mass is 35.5. The van der Waals surface area contributed by atoms with Crippen LogP contribution in [0.1, 0.15) is 35.2 Å². The molecule has 0 radical (unpaired) electrons. The molecule has 1 aromatic carbocycles. The van der Waals surface area contributed by atoms with Crippen molar-refractivity contribution in [1.82, 2.24) is 0 Å². The number of halogens is 1. The number of rotatable bonds is 0. The summed E-state index contributed by atoms with van der Waals surface area (Å²) in [6, 6.07) is 15.1. The largest absolute Gasteiger partial charge is 1.00 e. The van der Waals surface area contributed by atoms with E-state index in [1.54, 1.807) is 0 Å². The van der Waals surface area contributed by atoms with Gasteiger partial charge in [-0.1, -0.05) is 30.3 Å². The van der Waals surface area contributed by atoms with Crippen LogP contribution in [0.2, 0.25) is 0 Å². The second-order valence-electron chi connectivity index (χ2n) is 4.96. The second-order valence-corrected chi connectivity index (χ2v) is 4.96. The summed E-state index contributed by atoms with van der Waals surface area (Å²) in [6.45, 7) is 0. The molecule has 18 heavy (non-hydrogen) atoms. The Balaban J connectivity index is 0.000001000. The standard InChI is InChI=1S/C15H14NO.ClH/c17-14-9-13-10-5-1-2-6-11(10)15(14)12-7-3-4-8-16(12)13;/h1-8,13-15,17H,9H2;1H/q+1;/p-1. The highest BCUT2D eigenvalue weighted by Gasteiger charge is 2.48. The van der Waals surface area contributed by atoms with Gasteiger partial charge in [-0.3, -0.25) is 0 Å². The first-order valence-corrected chi connectivity index (χ1v) is 6.13. The van der Waals surface area contributed by atoms with Crippen LogP contribution in [0.25, 0.3) is 0 Å². The van der Waals surface area contributed by atoms with Gasteiger partial charge in [-0.05, 0) is 5.56 Å². The summed E-state index contributed by atoms with van der Waals surface area (Å²) in [5.41, 5.74) is 3.93. The van der Waals surface area contributed by atoms with Crippen molar-refractivity contribution in [3.63, 3.8) is 0 Å². The molecular weight excluding hydrogens is 246 g/mol. The Morgan fingerprint density at radius 3 is 2.56 bits per heavy atom. The summed E-state index contributed by atoms with van der Waals surface area (Å²) in [5.74, 6) is 0.150. The van der Waals surface area contributed by atoms with Crippen molar-refractivity contribution < 1.29 is 22.1 Å². The summed E-state index contributed by atoms with van der Waals surface area (Å²) < 4.78 is 2.32. The van der Waals surface area contributed by atoms with E-state index in [0.29, 0.717) is 6.04 Å². The van der Waals surface area contributed by atoms with Gasteiger partial charge in [0.15, 0.2) is 17.9 Å². The topological polar surface area (TPSA) is 24.1 Å². The fourth-order valence-corrected chi connectivity index (χ4v) is 3.43. The zero-order valence-electron chi connectivity index (χ0n) is 9.83. The predicted octanol–water partition coefficient (Wildman–Crippen LogP) is -1.22.